The van der Waals surface area contributed by atoms with Gasteiger partial charge in [-0.3, -0.25) is 0 Å². The lowest BCUT2D eigenvalue weighted by Gasteiger charge is -2.10. The van der Waals surface area contributed by atoms with Crippen LogP contribution in [0.1, 0.15) is 0 Å². The number of nitrogens with one attached hydrogen (secondary N) is 1. The molecule has 8 rings (SSSR count). The summed E-state index contributed by atoms with van der Waals surface area (Å²) in [5.41, 5.74) is 11.2. The van der Waals surface area contributed by atoms with Crippen molar-refractivity contribution in [2.45, 2.75) is 0 Å². The minimum absolute atomic E-state index is 0.890. The van der Waals surface area contributed by atoms with Crippen molar-refractivity contribution in [1.29, 1.82) is 0 Å². The molecular formula is C40H27NO. The summed E-state index contributed by atoms with van der Waals surface area (Å²) < 4.78 is 6.05. The molecule has 0 fully saturated rings. The molecule has 0 spiro atoms. The number of para-hydroxylation sites is 1. The summed E-state index contributed by atoms with van der Waals surface area (Å²) in [7, 11) is 0. The van der Waals surface area contributed by atoms with E-state index in [0.717, 1.165) is 33.3 Å². The van der Waals surface area contributed by atoms with E-state index >= 15 is 0 Å². The first-order chi connectivity index (χ1) is 20.8. The summed E-state index contributed by atoms with van der Waals surface area (Å²) in [5.74, 6) is 0. The molecule has 1 heterocycles. The lowest BCUT2D eigenvalue weighted by molar-refractivity contribution is 0.669. The minimum atomic E-state index is 0.890. The predicted octanol–water partition coefficient (Wildman–Crippen LogP) is 11.5. The number of benzene rings is 7. The van der Waals surface area contributed by atoms with Gasteiger partial charge in [-0.25, -0.2) is 0 Å². The first kappa shape index (κ1) is 24.2. The Morgan fingerprint density at radius 3 is 1.62 bits per heavy atom. The maximum absolute atomic E-state index is 6.05. The lowest BCUT2D eigenvalue weighted by Crippen LogP contribution is -1.91. The van der Waals surface area contributed by atoms with E-state index < -0.39 is 0 Å². The van der Waals surface area contributed by atoms with Crippen LogP contribution in [-0.2, 0) is 0 Å². The van der Waals surface area contributed by atoms with Gasteiger partial charge < -0.3 is 9.73 Å². The van der Waals surface area contributed by atoms with Crippen molar-refractivity contribution >= 4 is 44.1 Å². The quantitative estimate of drug-likeness (QED) is 0.236. The van der Waals surface area contributed by atoms with Gasteiger partial charge in [0.1, 0.15) is 11.2 Å². The molecule has 0 saturated heterocycles. The van der Waals surface area contributed by atoms with Gasteiger partial charge in [0.25, 0.3) is 0 Å². The summed E-state index contributed by atoms with van der Waals surface area (Å²) in [6, 6.07) is 55.7. The van der Waals surface area contributed by atoms with Crippen LogP contribution >= 0.6 is 0 Å². The Hall–Kier alpha value is -5.60. The first-order valence-corrected chi connectivity index (χ1v) is 14.3. The summed E-state index contributed by atoms with van der Waals surface area (Å²) in [5, 5.41) is 8.38. The normalized spacial score (nSPS) is 11.3. The van der Waals surface area contributed by atoms with Crippen molar-refractivity contribution < 1.29 is 4.42 Å². The average molecular weight is 538 g/mol. The molecule has 0 aliphatic heterocycles. The van der Waals surface area contributed by atoms with Gasteiger partial charge in [-0.2, -0.15) is 0 Å². The van der Waals surface area contributed by atoms with Gasteiger partial charge in [-0.05, 0) is 74.5 Å². The Morgan fingerprint density at radius 2 is 0.905 bits per heavy atom. The van der Waals surface area contributed by atoms with E-state index in [1.54, 1.807) is 0 Å². The van der Waals surface area contributed by atoms with Gasteiger partial charge in [0.15, 0.2) is 0 Å². The molecule has 2 heteroatoms. The highest BCUT2D eigenvalue weighted by Gasteiger charge is 2.11. The van der Waals surface area contributed by atoms with Crippen LogP contribution < -0.4 is 5.32 Å². The van der Waals surface area contributed by atoms with Crippen LogP contribution in [0.5, 0.6) is 0 Å². The topological polar surface area (TPSA) is 25.2 Å². The van der Waals surface area contributed by atoms with E-state index in [-0.39, 0.29) is 0 Å². The molecule has 0 unspecified atom stereocenters. The van der Waals surface area contributed by atoms with Crippen LogP contribution in [0, 0.1) is 0 Å². The van der Waals surface area contributed by atoms with E-state index in [1.807, 2.05) is 24.3 Å². The van der Waals surface area contributed by atoms with E-state index in [0.29, 0.717) is 0 Å². The molecule has 0 aliphatic rings. The highest BCUT2D eigenvalue weighted by Crippen LogP contribution is 2.36. The number of furan rings is 1. The van der Waals surface area contributed by atoms with Crippen molar-refractivity contribution in [3.63, 3.8) is 0 Å². The van der Waals surface area contributed by atoms with E-state index in [4.69, 9.17) is 4.42 Å². The molecule has 0 saturated carbocycles. The van der Waals surface area contributed by atoms with Gasteiger partial charge in [0.05, 0.1) is 11.1 Å². The average Bonchev–Trinajstić information content (AvgIpc) is 3.45. The molecule has 42 heavy (non-hydrogen) atoms. The fourth-order valence-corrected chi connectivity index (χ4v) is 5.95. The molecule has 0 amide bonds. The lowest BCUT2D eigenvalue weighted by atomic mass is 9.95. The third-order valence-electron chi connectivity index (χ3n) is 8.10. The molecule has 7 aromatic carbocycles. The van der Waals surface area contributed by atoms with E-state index in [1.165, 1.54) is 44.2 Å². The Kier molecular flexibility index (Phi) is 5.82. The Bertz CT molecular complexity index is 2180. The fourth-order valence-electron chi connectivity index (χ4n) is 5.95. The predicted molar refractivity (Wildman–Crippen MR) is 177 cm³/mol. The van der Waals surface area contributed by atoms with Gasteiger partial charge in [-0.1, -0.05) is 127 Å². The van der Waals surface area contributed by atoms with Gasteiger partial charge in [0, 0.05) is 11.1 Å². The van der Waals surface area contributed by atoms with Crippen LogP contribution in [0.2, 0.25) is 0 Å². The first-order valence-electron chi connectivity index (χ1n) is 14.3. The maximum atomic E-state index is 6.05. The van der Waals surface area contributed by atoms with Crippen molar-refractivity contribution in [2.24, 2.45) is 0 Å². The molecule has 1 N–H and O–H groups in total. The van der Waals surface area contributed by atoms with Gasteiger partial charge in [0.2, 0.25) is 0 Å². The van der Waals surface area contributed by atoms with Gasteiger partial charge in [-0.15, -0.1) is 0 Å². The monoisotopic (exact) mass is 537 g/mol. The molecule has 0 bridgehead atoms. The molecule has 2 nitrogen and oxygen atoms in total. The zero-order chi connectivity index (χ0) is 27.9. The number of hydrogen-bond donors (Lipinski definition) is 1. The molecule has 0 aliphatic carbocycles. The standard InChI is InChI=1S/C40H27NO/c1-2-9-34-31(7-1)8-5-11-35(34)32-21-19-29(20-22-32)27-15-17-28(18-16-27)30-23-25-33(26-24-30)41-37-12-6-14-39-40(37)36-10-3-4-13-38(36)42-39/h1-26,41H. The minimum Gasteiger partial charge on any atom is -0.456 e. The summed E-state index contributed by atoms with van der Waals surface area (Å²) >= 11 is 0. The third kappa shape index (κ3) is 4.31. The van der Waals surface area contributed by atoms with Crippen LogP contribution in [0.3, 0.4) is 0 Å². The molecule has 0 radical (unpaired) electrons. The Balaban J connectivity index is 1.02. The largest absolute Gasteiger partial charge is 0.456 e. The van der Waals surface area contributed by atoms with Crippen LogP contribution in [0.4, 0.5) is 11.4 Å². The third-order valence-corrected chi connectivity index (χ3v) is 8.10. The number of anilines is 2. The molecular weight excluding hydrogens is 510 g/mol. The fraction of sp³-hybridized carbons (Fsp3) is 0. The maximum Gasteiger partial charge on any atom is 0.137 e. The number of rotatable bonds is 5. The van der Waals surface area contributed by atoms with Crippen molar-refractivity contribution in [3.05, 3.63) is 158 Å². The number of fused-ring (bicyclic) bond motifs is 4. The SMILES string of the molecule is c1ccc2c(-c3ccc(-c4ccc(-c5ccc(Nc6cccc7oc8ccccc8c67)cc5)cc4)cc3)cccc2c1. The zero-order valence-electron chi connectivity index (χ0n) is 22.9. The smallest absolute Gasteiger partial charge is 0.137 e. The van der Waals surface area contributed by atoms with Crippen LogP contribution in [0.25, 0.3) is 66.1 Å². The molecule has 1 aromatic heterocycles. The second-order valence-corrected chi connectivity index (χ2v) is 10.7. The molecule has 8 aromatic rings. The van der Waals surface area contributed by atoms with Crippen molar-refractivity contribution in [3.8, 4) is 33.4 Å². The Morgan fingerprint density at radius 1 is 0.381 bits per heavy atom. The second kappa shape index (κ2) is 10.1. The number of hydrogen-bond acceptors (Lipinski definition) is 2. The summed E-state index contributed by atoms with van der Waals surface area (Å²) in [6.07, 6.45) is 0. The highest BCUT2D eigenvalue weighted by molar-refractivity contribution is 6.12. The van der Waals surface area contributed by atoms with E-state index in [2.05, 4.69) is 139 Å². The van der Waals surface area contributed by atoms with Gasteiger partial charge >= 0.3 is 0 Å². The zero-order valence-corrected chi connectivity index (χ0v) is 22.9. The molecule has 198 valence electrons. The van der Waals surface area contributed by atoms with Crippen molar-refractivity contribution in [1.82, 2.24) is 0 Å². The summed E-state index contributed by atoms with van der Waals surface area (Å²) in [6.45, 7) is 0. The van der Waals surface area contributed by atoms with Crippen LogP contribution in [0.15, 0.2) is 162 Å². The second-order valence-electron chi connectivity index (χ2n) is 10.7. The van der Waals surface area contributed by atoms with E-state index in [9.17, 15) is 0 Å². The molecule has 0 atom stereocenters. The summed E-state index contributed by atoms with van der Waals surface area (Å²) in [4.78, 5) is 0. The highest BCUT2D eigenvalue weighted by atomic mass is 16.3. The Labute approximate surface area is 244 Å². The van der Waals surface area contributed by atoms with Crippen LogP contribution in [-0.4, -0.2) is 0 Å². The van der Waals surface area contributed by atoms with Crippen molar-refractivity contribution in [2.75, 3.05) is 5.32 Å².